The van der Waals surface area contributed by atoms with Crippen LogP contribution in [0, 0.1) is 6.92 Å². The van der Waals surface area contributed by atoms with Gasteiger partial charge in [-0.25, -0.2) is 38.4 Å². The molecule has 1 aliphatic heterocycles. The third-order valence-electron chi connectivity index (χ3n) is 16.7. The van der Waals surface area contributed by atoms with E-state index in [9.17, 15) is 48.3 Å². The summed E-state index contributed by atoms with van der Waals surface area (Å²) < 4.78 is 58.3. The van der Waals surface area contributed by atoms with Crippen molar-refractivity contribution in [2.24, 2.45) is 0 Å². The molecule has 554 valence electrons. The van der Waals surface area contributed by atoms with E-state index in [1.807, 2.05) is 91.0 Å². The van der Waals surface area contributed by atoms with Crippen molar-refractivity contribution in [2.45, 2.75) is 79.7 Å². The average Bonchev–Trinajstić information content (AvgIpc) is 1.54. The number of likely N-dealkylation sites (tertiary alicyclic amines) is 1. The number of rotatable bonds is 20. The van der Waals surface area contributed by atoms with Crippen LogP contribution in [0.25, 0.3) is 88.4 Å². The normalized spacial score (nSPS) is 12.9. The first-order valence-corrected chi connectivity index (χ1v) is 32.5. The molecule has 25 nitrogen and oxygen atoms in total. The van der Waals surface area contributed by atoms with Gasteiger partial charge in [0.15, 0.2) is 24.9 Å². The van der Waals surface area contributed by atoms with Crippen molar-refractivity contribution in [3.05, 3.63) is 241 Å². The summed E-state index contributed by atoms with van der Waals surface area (Å²) in [4.78, 5) is 106. The molecule has 4 aromatic heterocycles. The molecule has 4 N–H and O–H groups in total. The van der Waals surface area contributed by atoms with Gasteiger partial charge in [0.05, 0.1) is 21.3 Å². The molecule has 25 heteroatoms. The summed E-state index contributed by atoms with van der Waals surface area (Å²) in [5.74, 6) is -1.09. The zero-order valence-corrected chi connectivity index (χ0v) is 57.5. The number of hydrogen-bond donors (Lipinski definition) is 4. The predicted molar refractivity (Wildman–Crippen MR) is 401 cm³/mol. The van der Waals surface area contributed by atoms with E-state index < -0.39 is 77.3 Å². The Hall–Kier alpha value is -13.5. The zero-order valence-electron chi connectivity index (χ0n) is 57.5. The van der Waals surface area contributed by atoms with Gasteiger partial charge in [-0.2, -0.15) is 0 Å². The lowest BCUT2D eigenvalue weighted by molar-refractivity contribution is -0.150. The molecule has 0 bridgehead atoms. The number of benzene rings is 8. The van der Waals surface area contributed by atoms with Crippen molar-refractivity contribution in [3.8, 4) is 84.8 Å². The minimum absolute atomic E-state index is 0. The van der Waals surface area contributed by atoms with Crippen LogP contribution in [-0.4, -0.2) is 114 Å². The first-order chi connectivity index (χ1) is 50.4. The molecule has 0 saturated carbocycles. The maximum absolute atomic E-state index is 12.7. The van der Waals surface area contributed by atoms with Gasteiger partial charge in [-0.15, -0.1) is 0 Å². The maximum Gasteiger partial charge on any atom is 0.344 e. The second-order valence-electron chi connectivity index (χ2n) is 23.7. The van der Waals surface area contributed by atoms with E-state index in [-0.39, 0.29) is 20.8 Å². The summed E-state index contributed by atoms with van der Waals surface area (Å²) in [7, 11) is 4.76. The fraction of sp³-hybridized carbons (Fsp3) is 0.207. The van der Waals surface area contributed by atoms with Crippen molar-refractivity contribution in [2.75, 3.05) is 34.5 Å². The Morgan fingerprint density at radius 1 is 0.439 bits per heavy atom. The minimum atomic E-state index is -1.08. The first-order valence-electron chi connectivity index (χ1n) is 32.5. The fourth-order valence-electron chi connectivity index (χ4n) is 11.4. The van der Waals surface area contributed by atoms with Crippen LogP contribution in [-0.2, 0) is 24.0 Å². The van der Waals surface area contributed by atoms with Crippen molar-refractivity contribution >= 4 is 73.7 Å². The van der Waals surface area contributed by atoms with E-state index in [2.05, 4.69) is 0 Å². The quantitative estimate of drug-likeness (QED) is 0.0515. The highest BCUT2D eigenvalue weighted by atomic mass is 16.5. The molecular formula is C82H77NO24. The number of ether oxygens (including phenoxy) is 7. The number of carboxylic acids is 4. The topological polar surface area (TPSA) is 355 Å². The Labute approximate surface area is 611 Å². The maximum atomic E-state index is 12.7. The molecule has 1 aliphatic rings. The lowest BCUT2D eigenvalue weighted by atomic mass is 10.00. The van der Waals surface area contributed by atoms with Crippen LogP contribution in [0.4, 0.5) is 0 Å². The largest absolute Gasteiger partial charge is 0.497 e. The molecule has 1 amide bonds. The second kappa shape index (κ2) is 35.6. The SMILES string of the molecule is C.C.COc1ccc(-c2cc(=O)oc3c(C)c(O[C@H](C)C(=O)O)ccc23)cc1.COc1ccc(-c2cc(=O)oc3cc(OCC(=O)O)ccc23)cc1.COc1ccc(-c2cc(=O)oc3cc(O[C@H](C)C(=O)O)ccc23)cc1.C[C@@H](Oc1ccc2c(-c3ccccc3)cc(=O)oc2c1)C(=O)N1CCC[C@@H]1C(=O)O. The molecule has 0 radical (unpaired) electrons. The van der Waals surface area contributed by atoms with E-state index in [1.165, 1.54) is 55.1 Å². The summed E-state index contributed by atoms with van der Waals surface area (Å²) in [6.07, 6.45) is -1.79. The van der Waals surface area contributed by atoms with Crippen molar-refractivity contribution < 1.29 is 95.2 Å². The Bertz CT molecular complexity index is 5430. The minimum Gasteiger partial charge on any atom is -0.497 e. The van der Waals surface area contributed by atoms with Gasteiger partial charge in [0.25, 0.3) is 5.91 Å². The Morgan fingerprint density at radius 3 is 1.21 bits per heavy atom. The Balaban J connectivity index is 0.000000179. The number of carbonyl (C=O) groups excluding carboxylic acids is 1. The van der Waals surface area contributed by atoms with E-state index in [1.54, 1.807) is 102 Å². The molecule has 12 aromatic rings. The van der Waals surface area contributed by atoms with Gasteiger partial charge in [-0.05, 0) is 170 Å². The van der Waals surface area contributed by atoms with E-state index in [0.29, 0.717) is 81.4 Å². The van der Waals surface area contributed by atoms with Crippen LogP contribution in [0.15, 0.2) is 231 Å². The lowest BCUT2D eigenvalue weighted by Crippen LogP contribution is -2.46. The number of amides is 1. The van der Waals surface area contributed by atoms with Crippen LogP contribution >= 0.6 is 0 Å². The monoisotopic (exact) mass is 1460 g/mol. The Morgan fingerprint density at radius 2 is 0.804 bits per heavy atom. The van der Waals surface area contributed by atoms with Crippen LogP contribution < -0.4 is 55.7 Å². The molecule has 1 saturated heterocycles. The number of methoxy groups -OCH3 is 3. The van der Waals surface area contributed by atoms with Gasteiger partial charge in [-0.3, -0.25) is 4.79 Å². The highest BCUT2D eigenvalue weighted by Crippen LogP contribution is 2.37. The zero-order chi connectivity index (χ0) is 75.2. The van der Waals surface area contributed by atoms with Gasteiger partial charge >= 0.3 is 46.4 Å². The summed E-state index contributed by atoms with van der Waals surface area (Å²) in [6.45, 7) is 6.12. The molecule has 5 heterocycles. The number of aryl methyl sites for hydroxylation is 1. The van der Waals surface area contributed by atoms with Gasteiger partial charge in [0.2, 0.25) is 0 Å². The van der Waals surface area contributed by atoms with E-state index in [0.717, 1.165) is 72.2 Å². The van der Waals surface area contributed by atoms with Crippen molar-refractivity contribution in [1.29, 1.82) is 0 Å². The predicted octanol–water partition coefficient (Wildman–Crippen LogP) is 14.5. The second-order valence-corrected chi connectivity index (χ2v) is 23.7. The van der Waals surface area contributed by atoms with Crippen LogP contribution in [0.3, 0.4) is 0 Å². The number of fused-ring (bicyclic) bond motifs is 4. The van der Waals surface area contributed by atoms with Gasteiger partial charge < -0.3 is 76.2 Å². The average molecular weight is 1460 g/mol. The highest BCUT2D eigenvalue weighted by Gasteiger charge is 2.37. The molecule has 1 fully saturated rings. The molecule has 4 atom stereocenters. The van der Waals surface area contributed by atoms with Crippen LogP contribution in [0.5, 0.6) is 40.2 Å². The number of hydrogen-bond acceptors (Lipinski definition) is 20. The van der Waals surface area contributed by atoms with Crippen molar-refractivity contribution in [1.82, 2.24) is 4.90 Å². The fourth-order valence-corrected chi connectivity index (χ4v) is 11.4. The van der Waals surface area contributed by atoms with E-state index in [4.69, 9.17) is 66.1 Å². The third kappa shape index (κ3) is 19.4. The highest BCUT2D eigenvalue weighted by molar-refractivity contribution is 5.98. The summed E-state index contributed by atoms with van der Waals surface area (Å²) in [6, 6.07) is 54.7. The summed E-state index contributed by atoms with van der Waals surface area (Å²) in [5.41, 5.74) is 6.30. The molecule has 0 aliphatic carbocycles. The summed E-state index contributed by atoms with van der Waals surface area (Å²) in [5, 5.41) is 38.8. The molecule has 0 spiro atoms. The number of nitrogens with zero attached hydrogens (tertiary/aromatic N) is 1. The van der Waals surface area contributed by atoms with E-state index >= 15 is 0 Å². The molecular weight excluding hydrogens is 1380 g/mol. The summed E-state index contributed by atoms with van der Waals surface area (Å²) >= 11 is 0. The number of aliphatic carboxylic acids is 4. The Kier molecular flexibility index (Phi) is 26.4. The standard InChI is InChI=1S/C23H21NO6.C20H18O6.C19H16O6.C18H14O6.2CH4/c1-14(22(26)24-11-5-8-19(24)23(27)28)29-16-9-10-17-18(15-6-3-2-4-7-15)13-21(25)30-20(17)12-16;1-11-17(25-12(2)20(22)23)9-8-15-16(10-18(21)26-19(11)15)13-4-6-14(24-3)7-5-13;1-11(19(21)22)24-14-7-8-15-16(10-18(20)25-17(15)9-14)12-3-5-13(23-2)6-4-12;1-22-12-4-2-11(3-5-12)15-9-18(21)24-16-8-13(6-7-14(15)16)23-10-17(19)20;;/h2-4,6-7,9-10,12-14,19H,5,8,11H2,1H3,(H,27,28);4-10,12H,1-3H3,(H,22,23);3-11H,1-2H3,(H,21,22);2-9H,10H2,1H3,(H,19,20);2*1H4/t14-,19-;12-;11-;;;/m111.../s1. The van der Waals surface area contributed by atoms with Crippen LogP contribution in [0.2, 0.25) is 0 Å². The number of carbonyl (C=O) groups is 5. The lowest BCUT2D eigenvalue weighted by Gasteiger charge is -2.25. The molecule has 107 heavy (non-hydrogen) atoms. The van der Waals surface area contributed by atoms with Gasteiger partial charge in [-0.1, -0.05) is 81.6 Å². The molecule has 8 aromatic carbocycles. The van der Waals surface area contributed by atoms with Crippen molar-refractivity contribution in [3.63, 3.8) is 0 Å². The van der Waals surface area contributed by atoms with Gasteiger partial charge in [0, 0.05) is 76.1 Å². The smallest absolute Gasteiger partial charge is 0.344 e. The third-order valence-corrected chi connectivity index (χ3v) is 16.7. The van der Waals surface area contributed by atoms with Crippen LogP contribution in [0.1, 0.15) is 54.0 Å². The molecule has 0 unspecified atom stereocenters. The van der Waals surface area contributed by atoms with Gasteiger partial charge in [0.1, 0.15) is 68.6 Å². The first kappa shape index (κ1) is 79.3. The number of carboxylic acid groups (broad SMARTS) is 4. The molecule has 13 rings (SSSR count).